The first-order chi connectivity index (χ1) is 15.3. The summed E-state index contributed by atoms with van der Waals surface area (Å²) in [4.78, 5) is 0. The topological polar surface area (TPSA) is 24.1 Å². The Kier molecular flexibility index (Phi) is 7.97. The molecule has 0 heterocycles. The van der Waals surface area contributed by atoms with E-state index < -0.39 is 11.7 Å². The summed E-state index contributed by atoms with van der Waals surface area (Å²) >= 11 is 0. The summed E-state index contributed by atoms with van der Waals surface area (Å²) in [6.45, 7) is 6.29. The molecule has 2 aromatic carbocycles. The van der Waals surface area contributed by atoms with Gasteiger partial charge in [0, 0.05) is 24.7 Å². The molecular formula is C27H31F3N2. The molecule has 2 aromatic rings. The average molecular weight is 441 g/mol. The lowest BCUT2D eigenvalue weighted by Gasteiger charge is -2.33. The van der Waals surface area contributed by atoms with Crippen LogP contribution in [0.4, 0.5) is 13.2 Å². The van der Waals surface area contributed by atoms with Crippen molar-refractivity contribution in [1.82, 2.24) is 10.6 Å². The van der Waals surface area contributed by atoms with Gasteiger partial charge in [-0.05, 0) is 49.4 Å². The SMILES string of the molecule is C=C(NC)[C@H](N[C@@H](CCc1ccc(C(F)(F)F)cc1)c1cccc(C)c1)C1C=CC=CC1. The minimum Gasteiger partial charge on any atom is -0.391 e. The van der Waals surface area contributed by atoms with E-state index in [0.29, 0.717) is 6.42 Å². The molecule has 0 saturated carbocycles. The zero-order valence-electron chi connectivity index (χ0n) is 18.6. The highest BCUT2D eigenvalue weighted by molar-refractivity contribution is 5.28. The Morgan fingerprint density at radius 3 is 2.47 bits per heavy atom. The fraction of sp³-hybridized carbons (Fsp3) is 0.333. The largest absolute Gasteiger partial charge is 0.416 e. The first-order valence-electron chi connectivity index (χ1n) is 11.0. The minimum absolute atomic E-state index is 0.0271. The molecule has 0 saturated heterocycles. The van der Waals surface area contributed by atoms with E-state index in [1.54, 1.807) is 12.1 Å². The van der Waals surface area contributed by atoms with Crippen LogP contribution in [0, 0.1) is 12.8 Å². The molecule has 0 aromatic heterocycles. The molecule has 170 valence electrons. The predicted molar refractivity (Wildman–Crippen MR) is 125 cm³/mol. The highest BCUT2D eigenvalue weighted by Gasteiger charge is 2.30. The number of benzene rings is 2. The minimum atomic E-state index is -4.31. The van der Waals surface area contributed by atoms with Gasteiger partial charge in [-0.2, -0.15) is 13.2 Å². The van der Waals surface area contributed by atoms with Gasteiger partial charge in [0.1, 0.15) is 0 Å². The van der Waals surface area contributed by atoms with Gasteiger partial charge in [0.25, 0.3) is 0 Å². The number of hydrogen-bond donors (Lipinski definition) is 2. The summed E-state index contributed by atoms with van der Waals surface area (Å²) in [7, 11) is 1.88. The molecule has 3 atom stereocenters. The smallest absolute Gasteiger partial charge is 0.391 e. The summed E-state index contributed by atoms with van der Waals surface area (Å²) in [6, 6.07) is 13.9. The Morgan fingerprint density at radius 2 is 1.88 bits per heavy atom. The van der Waals surface area contributed by atoms with Gasteiger partial charge in [0.15, 0.2) is 0 Å². The first-order valence-corrected chi connectivity index (χ1v) is 11.0. The molecule has 0 radical (unpaired) electrons. The molecule has 1 unspecified atom stereocenters. The highest BCUT2D eigenvalue weighted by Crippen LogP contribution is 2.30. The summed E-state index contributed by atoms with van der Waals surface area (Å²) in [6.07, 6.45) is 6.52. The lowest BCUT2D eigenvalue weighted by atomic mass is 9.88. The van der Waals surface area contributed by atoms with Gasteiger partial charge in [-0.1, -0.05) is 72.8 Å². The zero-order chi connectivity index (χ0) is 23.1. The lowest BCUT2D eigenvalue weighted by molar-refractivity contribution is -0.137. The van der Waals surface area contributed by atoms with Crippen LogP contribution in [0.5, 0.6) is 0 Å². The Balaban J connectivity index is 1.81. The maximum Gasteiger partial charge on any atom is 0.416 e. The maximum atomic E-state index is 12.9. The van der Waals surface area contributed by atoms with Crippen LogP contribution in [0.25, 0.3) is 0 Å². The van der Waals surface area contributed by atoms with Crippen molar-refractivity contribution < 1.29 is 13.2 Å². The Hall–Kier alpha value is -2.79. The Labute approximate surface area is 188 Å². The fourth-order valence-electron chi connectivity index (χ4n) is 4.11. The lowest BCUT2D eigenvalue weighted by Crippen LogP contribution is -2.42. The normalized spacial score (nSPS) is 17.7. The van der Waals surface area contributed by atoms with E-state index in [2.05, 4.69) is 66.6 Å². The van der Waals surface area contributed by atoms with Crippen molar-refractivity contribution in [2.75, 3.05) is 7.05 Å². The van der Waals surface area contributed by atoms with Crippen molar-refractivity contribution in [1.29, 1.82) is 0 Å². The molecule has 1 aliphatic carbocycles. The molecular weight excluding hydrogens is 409 g/mol. The summed E-state index contributed by atoms with van der Waals surface area (Å²) in [5.74, 6) is 0.276. The Bertz CT molecular complexity index is 958. The molecule has 3 rings (SSSR count). The zero-order valence-corrected chi connectivity index (χ0v) is 18.6. The first kappa shape index (κ1) is 23.9. The molecule has 0 fully saturated rings. The number of hydrogen-bond acceptors (Lipinski definition) is 2. The molecule has 32 heavy (non-hydrogen) atoms. The number of aryl methyl sites for hydroxylation is 2. The number of rotatable bonds is 9. The van der Waals surface area contributed by atoms with Crippen molar-refractivity contribution in [2.45, 2.75) is 44.4 Å². The number of nitrogens with one attached hydrogen (secondary N) is 2. The van der Waals surface area contributed by atoms with Gasteiger partial charge >= 0.3 is 6.18 Å². The highest BCUT2D eigenvalue weighted by atomic mass is 19.4. The van der Waals surface area contributed by atoms with Crippen molar-refractivity contribution in [3.05, 3.63) is 107 Å². The number of allylic oxidation sites excluding steroid dienone is 3. The van der Waals surface area contributed by atoms with Crippen LogP contribution >= 0.6 is 0 Å². The second-order valence-corrected chi connectivity index (χ2v) is 8.33. The van der Waals surface area contributed by atoms with Crippen LogP contribution in [0.1, 0.15) is 41.1 Å². The van der Waals surface area contributed by atoms with Gasteiger partial charge in [-0.25, -0.2) is 0 Å². The van der Waals surface area contributed by atoms with Gasteiger partial charge in [0.05, 0.1) is 11.6 Å². The van der Waals surface area contributed by atoms with E-state index >= 15 is 0 Å². The molecule has 0 spiro atoms. The van der Waals surface area contributed by atoms with Crippen molar-refractivity contribution in [2.24, 2.45) is 5.92 Å². The van der Waals surface area contributed by atoms with Crippen molar-refractivity contribution >= 4 is 0 Å². The average Bonchev–Trinajstić information content (AvgIpc) is 2.79. The van der Waals surface area contributed by atoms with Crippen LogP contribution in [0.3, 0.4) is 0 Å². The van der Waals surface area contributed by atoms with E-state index in [9.17, 15) is 13.2 Å². The predicted octanol–water partition coefficient (Wildman–Crippen LogP) is 6.51. The maximum absolute atomic E-state index is 12.9. The fourth-order valence-corrected chi connectivity index (χ4v) is 4.11. The van der Waals surface area contributed by atoms with E-state index in [1.165, 1.54) is 11.1 Å². The van der Waals surface area contributed by atoms with Gasteiger partial charge in [-0.15, -0.1) is 0 Å². The summed E-state index contributed by atoms with van der Waals surface area (Å²) in [5, 5.41) is 7.00. The third-order valence-electron chi connectivity index (χ3n) is 5.97. The van der Waals surface area contributed by atoms with E-state index in [4.69, 9.17) is 0 Å². The third-order valence-corrected chi connectivity index (χ3v) is 5.97. The standard InChI is InChI=1S/C27H31F3N2/c1-19-8-7-11-23(18-19)25(17-14-21-12-15-24(16-13-21)27(28,29)30)32-26(20(2)31-3)22-9-5-4-6-10-22/h4-9,11-13,15-16,18,22,25-26,31-32H,2,10,14,17H2,1,3H3/t22?,25-,26-/m0/s1. The van der Waals surface area contributed by atoms with Crippen LogP contribution in [-0.2, 0) is 12.6 Å². The monoisotopic (exact) mass is 440 g/mol. The number of halogens is 3. The molecule has 1 aliphatic rings. The quantitative estimate of drug-likeness (QED) is 0.464. The van der Waals surface area contributed by atoms with Crippen LogP contribution in [0.2, 0.25) is 0 Å². The van der Waals surface area contributed by atoms with Crippen LogP contribution < -0.4 is 10.6 Å². The summed E-state index contributed by atoms with van der Waals surface area (Å²) < 4.78 is 38.7. The van der Waals surface area contributed by atoms with E-state index in [0.717, 1.165) is 36.2 Å². The van der Waals surface area contributed by atoms with Crippen molar-refractivity contribution in [3.8, 4) is 0 Å². The van der Waals surface area contributed by atoms with Crippen LogP contribution in [0.15, 0.2) is 85.1 Å². The molecule has 0 aliphatic heterocycles. The summed E-state index contributed by atoms with van der Waals surface area (Å²) in [5.41, 5.74) is 3.54. The second-order valence-electron chi connectivity index (χ2n) is 8.33. The van der Waals surface area contributed by atoms with E-state index in [-0.39, 0.29) is 18.0 Å². The molecule has 0 bridgehead atoms. The number of alkyl halides is 3. The molecule has 5 heteroatoms. The van der Waals surface area contributed by atoms with Crippen LogP contribution in [-0.4, -0.2) is 13.1 Å². The van der Waals surface area contributed by atoms with Gasteiger partial charge < -0.3 is 10.6 Å². The van der Waals surface area contributed by atoms with Gasteiger partial charge in [0.2, 0.25) is 0 Å². The van der Waals surface area contributed by atoms with Gasteiger partial charge in [-0.3, -0.25) is 0 Å². The molecule has 0 amide bonds. The second kappa shape index (κ2) is 10.7. The Morgan fingerprint density at radius 1 is 1.12 bits per heavy atom. The third kappa shape index (κ3) is 6.36. The van der Waals surface area contributed by atoms with E-state index in [1.807, 2.05) is 13.1 Å². The molecule has 2 N–H and O–H groups in total. The molecule has 2 nitrogen and oxygen atoms in total. The van der Waals surface area contributed by atoms with Crippen molar-refractivity contribution in [3.63, 3.8) is 0 Å². The number of likely N-dealkylation sites (N-methyl/N-ethyl adjacent to an activating group) is 1.